The maximum absolute atomic E-state index is 11.7. The third-order valence-corrected chi connectivity index (χ3v) is 2.15. The van der Waals surface area contributed by atoms with Crippen LogP contribution < -0.4 is 0 Å². The SMILES string of the molecule is CCOCCOCC(=O)c1cccc(C)c1. The van der Waals surface area contributed by atoms with Crippen LogP contribution in [-0.2, 0) is 9.47 Å². The molecular formula is C13H18O3. The van der Waals surface area contributed by atoms with E-state index in [1.54, 1.807) is 6.07 Å². The summed E-state index contributed by atoms with van der Waals surface area (Å²) in [5.74, 6) is 0.0141. The molecule has 3 heteroatoms. The second-order valence-electron chi connectivity index (χ2n) is 3.54. The average Bonchev–Trinajstić information content (AvgIpc) is 2.28. The molecule has 88 valence electrons. The summed E-state index contributed by atoms with van der Waals surface area (Å²) in [5, 5.41) is 0. The Bertz CT molecular complexity index is 334. The van der Waals surface area contributed by atoms with Gasteiger partial charge in [0.15, 0.2) is 5.78 Å². The summed E-state index contributed by atoms with van der Waals surface area (Å²) in [4.78, 5) is 11.7. The Morgan fingerprint density at radius 2 is 2.00 bits per heavy atom. The molecule has 0 fully saturated rings. The van der Waals surface area contributed by atoms with Gasteiger partial charge in [-0.25, -0.2) is 0 Å². The highest BCUT2D eigenvalue weighted by Gasteiger charge is 2.05. The zero-order valence-electron chi connectivity index (χ0n) is 9.86. The number of ketones is 1. The summed E-state index contributed by atoms with van der Waals surface area (Å²) in [6.07, 6.45) is 0. The van der Waals surface area contributed by atoms with Crippen molar-refractivity contribution in [2.45, 2.75) is 13.8 Å². The Balaban J connectivity index is 2.30. The third-order valence-electron chi connectivity index (χ3n) is 2.15. The molecule has 3 nitrogen and oxygen atoms in total. The molecule has 0 saturated heterocycles. The maximum atomic E-state index is 11.7. The lowest BCUT2D eigenvalue weighted by molar-refractivity contribution is 0.0475. The fourth-order valence-electron chi connectivity index (χ4n) is 1.33. The molecule has 0 bridgehead atoms. The van der Waals surface area contributed by atoms with Gasteiger partial charge in [-0.2, -0.15) is 0 Å². The zero-order chi connectivity index (χ0) is 11.8. The van der Waals surface area contributed by atoms with Gasteiger partial charge in [0.25, 0.3) is 0 Å². The van der Waals surface area contributed by atoms with Crippen molar-refractivity contribution in [3.8, 4) is 0 Å². The van der Waals surface area contributed by atoms with Crippen molar-refractivity contribution in [3.63, 3.8) is 0 Å². The molecule has 1 rings (SSSR count). The monoisotopic (exact) mass is 222 g/mol. The van der Waals surface area contributed by atoms with E-state index < -0.39 is 0 Å². The Morgan fingerprint density at radius 1 is 1.25 bits per heavy atom. The molecule has 0 aliphatic rings. The highest BCUT2D eigenvalue weighted by atomic mass is 16.5. The van der Waals surface area contributed by atoms with Crippen molar-refractivity contribution in [3.05, 3.63) is 35.4 Å². The fourth-order valence-corrected chi connectivity index (χ4v) is 1.33. The van der Waals surface area contributed by atoms with Crippen molar-refractivity contribution < 1.29 is 14.3 Å². The predicted octanol–water partition coefficient (Wildman–Crippen LogP) is 2.23. The van der Waals surface area contributed by atoms with Gasteiger partial charge >= 0.3 is 0 Å². The van der Waals surface area contributed by atoms with E-state index in [-0.39, 0.29) is 12.4 Å². The largest absolute Gasteiger partial charge is 0.379 e. The van der Waals surface area contributed by atoms with Crippen LogP contribution in [0.5, 0.6) is 0 Å². The third kappa shape index (κ3) is 4.55. The summed E-state index contributed by atoms with van der Waals surface area (Å²) in [6.45, 7) is 5.69. The van der Waals surface area contributed by atoms with Crippen LogP contribution in [0.25, 0.3) is 0 Å². The molecule has 0 atom stereocenters. The number of rotatable bonds is 7. The van der Waals surface area contributed by atoms with E-state index in [1.807, 2.05) is 32.0 Å². The van der Waals surface area contributed by atoms with Crippen molar-refractivity contribution in [1.82, 2.24) is 0 Å². The molecule has 0 saturated carbocycles. The molecule has 1 aromatic rings. The van der Waals surface area contributed by atoms with E-state index in [9.17, 15) is 4.79 Å². The number of hydrogen-bond acceptors (Lipinski definition) is 3. The van der Waals surface area contributed by atoms with Gasteiger partial charge in [0, 0.05) is 12.2 Å². The van der Waals surface area contributed by atoms with E-state index in [2.05, 4.69) is 0 Å². The van der Waals surface area contributed by atoms with Crippen molar-refractivity contribution in [2.75, 3.05) is 26.4 Å². The minimum absolute atomic E-state index is 0.0141. The van der Waals surface area contributed by atoms with E-state index in [0.717, 1.165) is 5.56 Å². The van der Waals surface area contributed by atoms with Crippen LogP contribution in [0.15, 0.2) is 24.3 Å². The molecule has 0 N–H and O–H groups in total. The minimum atomic E-state index is 0.0141. The summed E-state index contributed by atoms with van der Waals surface area (Å²) in [7, 11) is 0. The summed E-state index contributed by atoms with van der Waals surface area (Å²) >= 11 is 0. The molecule has 16 heavy (non-hydrogen) atoms. The van der Waals surface area contributed by atoms with Crippen LogP contribution in [0.4, 0.5) is 0 Å². The van der Waals surface area contributed by atoms with E-state index in [1.165, 1.54) is 0 Å². The van der Waals surface area contributed by atoms with Gasteiger partial charge in [-0.05, 0) is 19.9 Å². The molecule has 0 spiro atoms. The molecular weight excluding hydrogens is 204 g/mol. The first-order valence-electron chi connectivity index (χ1n) is 5.49. The molecule has 0 unspecified atom stereocenters. The van der Waals surface area contributed by atoms with Crippen LogP contribution >= 0.6 is 0 Å². The first-order valence-corrected chi connectivity index (χ1v) is 5.49. The summed E-state index contributed by atoms with van der Waals surface area (Å²) < 4.78 is 10.3. The summed E-state index contributed by atoms with van der Waals surface area (Å²) in [6, 6.07) is 7.52. The number of hydrogen-bond donors (Lipinski definition) is 0. The topological polar surface area (TPSA) is 35.5 Å². The first-order chi connectivity index (χ1) is 7.74. The average molecular weight is 222 g/mol. The normalized spacial score (nSPS) is 10.4. The summed E-state index contributed by atoms with van der Waals surface area (Å²) in [5.41, 5.74) is 1.79. The van der Waals surface area contributed by atoms with Gasteiger partial charge in [0.2, 0.25) is 0 Å². The number of Topliss-reactive ketones (excluding diaryl/α,β-unsaturated/α-hetero) is 1. The fraction of sp³-hybridized carbons (Fsp3) is 0.462. The van der Waals surface area contributed by atoms with Crippen molar-refractivity contribution >= 4 is 5.78 Å². The first kappa shape index (κ1) is 12.9. The molecule has 0 amide bonds. The highest BCUT2D eigenvalue weighted by molar-refractivity contribution is 5.97. The maximum Gasteiger partial charge on any atom is 0.188 e. The number of carbonyl (C=O) groups excluding carboxylic acids is 1. The van der Waals surface area contributed by atoms with E-state index in [4.69, 9.17) is 9.47 Å². The van der Waals surface area contributed by atoms with Crippen LogP contribution in [-0.4, -0.2) is 32.2 Å². The van der Waals surface area contributed by atoms with Crippen LogP contribution in [0, 0.1) is 6.92 Å². The Morgan fingerprint density at radius 3 is 2.69 bits per heavy atom. The lowest BCUT2D eigenvalue weighted by Gasteiger charge is -2.04. The van der Waals surface area contributed by atoms with Gasteiger partial charge in [0.1, 0.15) is 6.61 Å². The Labute approximate surface area is 96.4 Å². The van der Waals surface area contributed by atoms with Gasteiger partial charge in [-0.15, -0.1) is 0 Å². The molecule has 0 aliphatic carbocycles. The Hall–Kier alpha value is -1.19. The number of aryl methyl sites for hydroxylation is 1. The molecule has 0 aliphatic heterocycles. The van der Waals surface area contributed by atoms with E-state index in [0.29, 0.717) is 25.4 Å². The number of benzene rings is 1. The predicted molar refractivity (Wildman–Crippen MR) is 62.8 cm³/mol. The number of carbonyl (C=O) groups is 1. The Kier molecular flexibility index (Phi) is 5.75. The van der Waals surface area contributed by atoms with Gasteiger partial charge < -0.3 is 9.47 Å². The van der Waals surface area contributed by atoms with Crippen LogP contribution in [0.1, 0.15) is 22.8 Å². The minimum Gasteiger partial charge on any atom is -0.379 e. The zero-order valence-corrected chi connectivity index (χ0v) is 9.86. The quantitative estimate of drug-likeness (QED) is 0.524. The molecule has 0 heterocycles. The van der Waals surface area contributed by atoms with Gasteiger partial charge in [0.05, 0.1) is 13.2 Å². The van der Waals surface area contributed by atoms with Crippen LogP contribution in [0.2, 0.25) is 0 Å². The standard InChI is InChI=1S/C13H18O3/c1-3-15-7-8-16-10-13(14)12-6-4-5-11(2)9-12/h4-6,9H,3,7-8,10H2,1-2H3. The second-order valence-corrected chi connectivity index (χ2v) is 3.54. The van der Waals surface area contributed by atoms with E-state index >= 15 is 0 Å². The molecule has 0 radical (unpaired) electrons. The lowest BCUT2D eigenvalue weighted by atomic mass is 10.1. The van der Waals surface area contributed by atoms with Crippen LogP contribution in [0.3, 0.4) is 0 Å². The van der Waals surface area contributed by atoms with Crippen molar-refractivity contribution in [2.24, 2.45) is 0 Å². The van der Waals surface area contributed by atoms with Gasteiger partial charge in [-0.3, -0.25) is 4.79 Å². The van der Waals surface area contributed by atoms with Crippen molar-refractivity contribution in [1.29, 1.82) is 0 Å². The molecule has 1 aromatic carbocycles. The lowest BCUT2D eigenvalue weighted by Crippen LogP contribution is -2.12. The van der Waals surface area contributed by atoms with Gasteiger partial charge in [-0.1, -0.05) is 23.8 Å². The number of ether oxygens (including phenoxy) is 2. The second kappa shape index (κ2) is 7.14. The highest BCUT2D eigenvalue weighted by Crippen LogP contribution is 2.04. The molecule has 0 aromatic heterocycles. The smallest absolute Gasteiger partial charge is 0.188 e.